The Labute approximate surface area is 157 Å². The predicted molar refractivity (Wildman–Crippen MR) is 98.2 cm³/mol. The van der Waals surface area contributed by atoms with Gasteiger partial charge in [0.15, 0.2) is 26.2 Å². The molecule has 0 amide bonds. The van der Waals surface area contributed by atoms with Crippen LogP contribution in [0.3, 0.4) is 0 Å². The first-order valence-corrected chi connectivity index (χ1v) is 10.7. The Bertz CT molecular complexity index is 814. The van der Waals surface area contributed by atoms with Gasteiger partial charge in [-0.1, -0.05) is 12.1 Å². The SMILES string of the molecule is CC(C)(C)[S+]([O-])N[C@](C)(CS(=O)(=O)C(C)(C)C#N)c1cccc(F)c1F. The molecule has 1 aromatic rings. The number of rotatable bonds is 6. The highest BCUT2D eigenvalue weighted by molar-refractivity contribution is 7.93. The minimum atomic E-state index is -4.08. The lowest BCUT2D eigenvalue weighted by atomic mass is 9.94. The maximum Gasteiger partial charge on any atom is 0.171 e. The first-order chi connectivity index (χ1) is 11.6. The van der Waals surface area contributed by atoms with Gasteiger partial charge >= 0.3 is 0 Å². The van der Waals surface area contributed by atoms with Crippen molar-refractivity contribution in [2.24, 2.45) is 0 Å². The molecule has 9 heteroatoms. The zero-order chi connectivity index (χ0) is 20.6. The summed E-state index contributed by atoms with van der Waals surface area (Å²) >= 11 is -1.77. The zero-order valence-corrected chi connectivity index (χ0v) is 17.3. The third kappa shape index (κ3) is 4.74. The van der Waals surface area contributed by atoms with Crippen LogP contribution in [-0.2, 0) is 26.7 Å². The molecule has 0 aliphatic rings. The van der Waals surface area contributed by atoms with Gasteiger partial charge in [-0.2, -0.15) is 5.26 Å². The average molecular weight is 407 g/mol. The van der Waals surface area contributed by atoms with Gasteiger partial charge in [0, 0.05) is 16.9 Å². The fourth-order valence-corrected chi connectivity index (χ4v) is 4.56. The van der Waals surface area contributed by atoms with Gasteiger partial charge in [0.2, 0.25) is 0 Å². The van der Waals surface area contributed by atoms with Crippen LogP contribution in [0.1, 0.15) is 47.1 Å². The predicted octanol–water partition coefficient (Wildman–Crippen LogP) is 2.95. The second kappa shape index (κ2) is 7.43. The topological polar surface area (TPSA) is 93.0 Å². The number of halogens is 2. The van der Waals surface area contributed by atoms with Crippen LogP contribution in [0.15, 0.2) is 18.2 Å². The van der Waals surface area contributed by atoms with E-state index < -0.39 is 53.6 Å². The quantitative estimate of drug-likeness (QED) is 0.733. The molecule has 1 aromatic carbocycles. The molecule has 0 aliphatic carbocycles. The molecule has 26 heavy (non-hydrogen) atoms. The van der Waals surface area contributed by atoms with Gasteiger partial charge in [-0.15, -0.1) is 4.72 Å². The fraction of sp³-hybridized carbons (Fsp3) is 0.588. The summed E-state index contributed by atoms with van der Waals surface area (Å²) < 4.78 is 66.3. The molecule has 2 atom stereocenters. The summed E-state index contributed by atoms with van der Waals surface area (Å²) in [5, 5.41) is 9.16. The number of sulfone groups is 1. The molecule has 1 rings (SSSR count). The average Bonchev–Trinajstić information content (AvgIpc) is 2.48. The van der Waals surface area contributed by atoms with Gasteiger partial charge < -0.3 is 4.55 Å². The maximum absolute atomic E-state index is 14.4. The van der Waals surface area contributed by atoms with Crippen LogP contribution in [-0.4, -0.2) is 28.2 Å². The Morgan fingerprint density at radius 2 is 1.73 bits per heavy atom. The lowest BCUT2D eigenvalue weighted by molar-refractivity contribution is 0.414. The van der Waals surface area contributed by atoms with Crippen molar-refractivity contribution in [2.75, 3.05) is 5.75 Å². The second-order valence-corrected chi connectivity index (χ2v) is 12.3. The Morgan fingerprint density at radius 1 is 1.19 bits per heavy atom. The van der Waals surface area contributed by atoms with E-state index in [2.05, 4.69) is 4.72 Å². The minimum absolute atomic E-state index is 0.271. The third-order valence-electron chi connectivity index (χ3n) is 3.95. The van der Waals surface area contributed by atoms with Gasteiger partial charge in [-0.25, -0.2) is 17.2 Å². The summed E-state index contributed by atoms with van der Waals surface area (Å²) in [5.41, 5.74) is -1.98. The number of nitriles is 1. The summed E-state index contributed by atoms with van der Waals surface area (Å²) in [6.07, 6.45) is 0. The molecule has 5 nitrogen and oxygen atoms in total. The first kappa shape index (κ1) is 22.8. The molecule has 0 spiro atoms. The zero-order valence-electron chi connectivity index (χ0n) is 15.7. The van der Waals surface area contributed by atoms with E-state index in [1.165, 1.54) is 32.9 Å². The fourth-order valence-electron chi connectivity index (χ4n) is 2.08. The van der Waals surface area contributed by atoms with E-state index in [0.717, 1.165) is 6.07 Å². The monoisotopic (exact) mass is 406 g/mol. The smallest absolute Gasteiger partial charge is 0.171 e. The van der Waals surface area contributed by atoms with Crippen LogP contribution in [0.5, 0.6) is 0 Å². The largest absolute Gasteiger partial charge is 0.598 e. The molecule has 1 N–H and O–H groups in total. The third-order valence-corrected chi connectivity index (χ3v) is 8.30. The summed E-state index contributed by atoms with van der Waals surface area (Å²) in [5.74, 6) is -3.10. The van der Waals surface area contributed by atoms with Crippen molar-refractivity contribution in [1.29, 1.82) is 5.26 Å². The van der Waals surface area contributed by atoms with Gasteiger partial charge in [0.1, 0.15) is 10.3 Å². The van der Waals surface area contributed by atoms with Crippen molar-refractivity contribution in [2.45, 2.75) is 56.6 Å². The number of nitrogens with zero attached hydrogens (tertiary/aromatic N) is 1. The molecular weight excluding hydrogens is 382 g/mol. The van der Waals surface area contributed by atoms with E-state index in [1.54, 1.807) is 26.8 Å². The van der Waals surface area contributed by atoms with E-state index in [9.17, 15) is 21.8 Å². The summed E-state index contributed by atoms with van der Waals surface area (Å²) in [7, 11) is -4.08. The van der Waals surface area contributed by atoms with Gasteiger partial charge in [0.25, 0.3) is 0 Å². The molecule has 0 radical (unpaired) electrons. The van der Waals surface area contributed by atoms with Crippen LogP contribution >= 0.6 is 0 Å². The van der Waals surface area contributed by atoms with Crippen molar-refractivity contribution in [3.05, 3.63) is 35.4 Å². The van der Waals surface area contributed by atoms with Crippen molar-refractivity contribution >= 4 is 21.2 Å². The number of hydrogen-bond acceptors (Lipinski definition) is 5. The molecule has 0 aromatic heterocycles. The Kier molecular flexibility index (Phi) is 6.52. The summed E-state index contributed by atoms with van der Waals surface area (Å²) in [6.45, 7) is 8.76. The highest BCUT2D eigenvalue weighted by Crippen LogP contribution is 2.32. The lowest BCUT2D eigenvalue weighted by Crippen LogP contribution is -2.55. The molecular formula is C17H24F2N2O3S2. The van der Waals surface area contributed by atoms with Gasteiger partial charge in [-0.3, -0.25) is 0 Å². The van der Waals surface area contributed by atoms with E-state index in [4.69, 9.17) is 5.26 Å². The molecule has 146 valence electrons. The lowest BCUT2D eigenvalue weighted by Gasteiger charge is -2.36. The van der Waals surface area contributed by atoms with E-state index >= 15 is 0 Å². The molecule has 0 aliphatic heterocycles. The van der Waals surface area contributed by atoms with Crippen molar-refractivity contribution in [3.8, 4) is 6.07 Å². The summed E-state index contributed by atoms with van der Waals surface area (Å²) in [4.78, 5) is 0. The first-order valence-electron chi connectivity index (χ1n) is 7.85. The minimum Gasteiger partial charge on any atom is -0.598 e. The number of nitrogens with one attached hydrogen (secondary N) is 1. The normalized spacial score (nSPS) is 16.6. The highest BCUT2D eigenvalue weighted by atomic mass is 32.2. The Balaban J connectivity index is 3.54. The standard InChI is InChI=1S/C17H24F2N2O3S2/c1-15(2,3)25(22)21-17(6,11-26(23,24)16(4,5)10-20)12-8-7-9-13(18)14(12)19/h7-9,21H,11H2,1-6H3/t17-,25?/m1/s1. The van der Waals surface area contributed by atoms with Crippen molar-refractivity contribution in [3.63, 3.8) is 0 Å². The molecule has 0 fully saturated rings. The number of hydrogen-bond donors (Lipinski definition) is 1. The highest BCUT2D eigenvalue weighted by Gasteiger charge is 2.46. The molecule has 0 bridgehead atoms. The molecule has 1 unspecified atom stereocenters. The van der Waals surface area contributed by atoms with E-state index in [0.29, 0.717) is 0 Å². The van der Waals surface area contributed by atoms with Crippen LogP contribution < -0.4 is 4.72 Å². The summed E-state index contributed by atoms with van der Waals surface area (Å²) in [6, 6.07) is 5.10. The second-order valence-electron chi connectivity index (χ2n) is 7.80. The molecule has 0 heterocycles. The number of benzene rings is 1. The van der Waals surface area contributed by atoms with Gasteiger partial charge in [0.05, 0.1) is 11.8 Å². The van der Waals surface area contributed by atoms with Gasteiger partial charge in [-0.05, 0) is 47.6 Å². The van der Waals surface area contributed by atoms with Crippen LogP contribution in [0, 0.1) is 23.0 Å². The van der Waals surface area contributed by atoms with E-state index in [-0.39, 0.29) is 5.56 Å². The maximum atomic E-state index is 14.4. The van der Waals surface area contributed by atoms with Crippen molar-refractivity contribution in [1.82, 2.24) is 4.72 Å². The van der Waals surface area contributed by atoms with Crippen LogP contribution in [0.25, 0.3) is 0 Å². The van der Waals surface area contributed by atoms with Crippen LogP contribution in [0.4, 0.5) is 8.78 Å². The van der Waals surface area contributed by atoms with Crippen LogP contribution in [0.2, 0.25) is 0 Å². The van der Waals surface area contributed by atoms with Crippen molar-refractivity contribution < 1.29 is 21.8 Å². The Morgan fingerprint density at radius 3 is 2.19 bits per heavy atom. The molecule has 0 saturated heterocycles. The molecule has 0 saturated carbocycles. The van der Waals surface area contributed by atoms with E-state index in [1.807, 2.05) is 0 Å². The Hall–Kier alpha value is -1.21.